The Morgan fingerprint density at radius 3 is 2.66 bits per heavy atom. The molecule has 160 valence electrons. The Morgan fingerprint density at radius 1 is 1.24 bits per heavy atom. The van der Waals surface area contributed by atoms with Gasteiger partial charge in [0.2, 0.25) is 0 Å². The molecule has 0 unspecified atom stereocenters. The van der Waals surface area contributed by atoms with E-state index in [1.807, 2.05) is 24.3 Å². The molecular weight excluding hydrogens is 388 g/mol. The molecule has 0 aliphatic rings. The molecule has 0 spiro atoms. The Balaban J connectivity index is 2.24. The Bertz CT molecular complexity index is 851. The van der Waals surface area contributed by atoms with Crippen molar-refractivity contribution < 1.29 is 14.4 Å². The van der Waals surface area contributed by atoms with Crippen LogP contribution in [-0.4, -0.2) is 68.5 Å². The number of thiocarbonyl (C=S) groups is 1. The first-order valence-corrected chi connectivity index (χ1v) is 10.5. The van der Waals surface area contributed by atoms with E-state index in [0.717, 1.165) is 42.8 Å². The molecule has 0 aliphatic carbocycles. The molecule has 2 rings (SSSR count). The first-order valence-electron chi connectivity index (χ1n) is 10.1. The summed E-state index contributed by atoms with van der Waals surface area (Å²) in [6.07, 6.45) is 0. The number of likely N-dealkylation sites (N-methyl/N-ethyl adjacent to an activating group) is 1. The highest BCUT2D eigenvalue weighted by atomic mass is 32.1. The molecular formula is C21H33N4O3S+. The normalized spacial score (nSPS) is 11.1. The van der Waals surface area contributed by atoms with Gasteiger partial charge >= 0.3 is 0 Å². The van der Waals surface area contributed by atoms with Gasteiger partial charge in [0.1, 0.15) is 5.75 Å². The maximum absolute atomic E-state index is 12.7. The Labute approximate surface area is 178 Å². The van der Waals surface area contributed by atoms with Crippen molar-refractivity contribution in [2.45, 2.75) is 20.4 Å². The van der Waals surface area contributed by atoms with Gasteiger partial charge in [0.05, 0.1) is 46.4 Å². The molecule has 2 aromatic rings. The van der Waals surface area contributed by atoms with E-state index < -0.39 is 0 Å². The molecule has 8 heteroatoms. The van der Waals surface area contributed by atoms with E-state index in [4.69, 9.17) is 21.7 Å². The lowest BCUT2D eigenvalue weighted by atomic mass is 10.1. The Kier molecular flexibility index (Phi) is 9.37. The standard InChI is InChI=1S/C21H32N4O3S/c1-5-24(6-2)10-11-25(21(29)22-9-12-27-3)15-17-13-16-14-18(28-4)7-8-19(16)23-20(17)26/h7-8,13-14H,5-6,9-12,15H2,1-4H3,(H,22,29)(H,23,26)/p+1. The van der Waals surface area contributed by atoms with Crippen LogP contribution < -0.4 is 20.5 Å². The molecule has 0 atom stereocenters. The lowest BCUT2D eigenvalue weighted by molar-refractivity contribution is -0.895. The van der Waals surface area contributed by atoms with Crippen molar-refractivity contribution in [1.82, 2.24) is 15.2 Å². The third-order valence-corrected chi connectivity index (χ3v) is 5.50. The van der Waals surface area contributed by atoms with Crippen molar-refractivity contribution >= 4 is 28.2 Å². The second kappa shape index (κ2) is 11.7. The minimum atomic E-state index is -0.0949. The number of benzene rings is 1. The predicted molar refractivity (Wildman–Crippen MR) is 121 cm³/mol. The molecule has 0 bridgehead atoms. The number of nitrogens with zero attached hydrogens (tertiary/aromatic N) is 1. The van der Waals surface area contributed by atoms with Crippen molar-refractivity contribution in [2.75, 3.05) is 53.6 Å². The molecule has 1 aromatic carbocycles. The SMILES string of the molecule is CC[NH+](CC)CCN(Cc1cc2cc(OC)ccc2[nH]c1=O)C(=S)NCCOC. The number of H-pyrrole nitrogens is 1. The van der Waals surface area contributed by atoms with Crippen LogP contribution in [-0.2, 0) is 11.3 Å². The lowest BCUT2D eigenvalue weighted by Gasteiger charge is -2.27. The molecule has 0 aliphatic heterocycles. The fourth-order valence-corrected chi connectivity index (χ4v) is 3.46. The zero-order chi connectivity index (χ0) is 21.2. The van der Waals surface area contributed by atoms with Gasteiger partial charge in [-0.25, -0.2) is 0 Å². The summed E-state index contributed by atoms with van der Waals surface area (Å²) in [5.74, 6) is 0.759. The van der Waals surface area contributed by atoms with E-state index in [9.17, 15) is 4.79 Å². The lowest BCUT2D eigenvalue weighted by Crippen LogP contribution is -3.12. The monoisotopic (exact) mass is 421 g/mol. The highest BCUT2D eigenvalue weighted by Crippen LogP contribution is 2.19. The van der Waals surface area contributed by atoms with Gasteiger partial charge in [-0.15, -0.1) is 0 Å². The van der Waals surface area contributed by atoms with Crippen LogP contribution in [0.4, 0.5) is 0 Å². The molecule has 3 N–H and O–H groups in total. The van der Waals surface area contributed by atoms with Gasteiger partial charge in [-0.05, 0) is 50.3 Å². The summed E-state index contributed by atoms with van der Waals surface area (Å²) in [5, 5.41) is 4.80. The van der Waals surface area contributed by atoms with Crippen LogP contribution in [0.15, 0.2) is 29.1 Å². The van der Waals surface area contributed by atoms with Crippen LogP contribution in [0, 0.1) is 0 Å². The summed E-state index contributed by atoms with van der Waals surface area (Å²) in [6.45, 7) is 9.86. The van der Waals surface area contributed by atoms with Crippen molar-refractivity contribution in [3.05, 3.63) is 40.2 Å². The minimum Gasteiger partial charge on any atom is -0.497 e. The van der Waals surface area contributed by atoms with E-state index in [-0.39, 0.29) is 5.56 Å². The van der Waals surface area contributed by atoms with Gasteiger partial charge in [0, 0.05) is 30.1 Å². The second-order valence-electron chi connectivity index (χ2n) is 6.93. The summed E-state index contributed by atoms with van der Waals surface area (Å²) in [4.78, 5) is 19.2. The number of quaternary nitrogens is 1. The van der Waals surface area contributed by atoms with Crippen LogP contribution in [0.2, 0.25) is 0 Å². The van der Waals surface area contributed by atoms with Crippen molar-refractivity contribution in [1.29, 1.82) is 0 Å². The maximum Gasteiger partial charge on any atom is 0.253 e. The maximum atomic E-state index is 12.7. The molecule has 7 nitrogen and oxygen atoms in total. The molecule has 0 saturated carbocycles. The first kappa shape index (κ1) is 23.1. The highest BCUT2D eigenvalue weighted by molar-refractivity contribution is 7.80. The number of nitrogens with one attached hydrogen (secondary N) is 3. The summed E-state index contributed by atoms with van der Waals surface area (Å²) in [5.41, 5.74) is 1.37. The Morgan fingerprint density at radius 2 is 2.00 bits per heavy atom. The molecule has 29 heavy (non-hydrogen) atoms. The van der Waals surface area contributed by atoms with Crippen LogP contribution in [0.25, 0.3) is 10.9 Å². The topological polar surface area (TPSA) is 71.0 Å². The first-order chi connectivity index (χ1) is 14.0. The van der Waals surface area contributed by atoms with Gasteiger partial charge < -0.3 is 29.6 Å². The smallest absolute Gasteiger partial charge is 0.253 e. The van der Waals surface area contributed by atoms with Crippen LogP contribution >= 0.6 is 12.2 Å². The number of aromatic amines is 1. The highest BCUT2D eigenvalue weighted by Gasteiger charge is 2.15. The summed E-state index contributed by atoms with van der Waals surface area (Å²) >= 11 is 5.61. The number of hydrogen-bond donors (Lipinski definition) is 3. The van der Waals surface area contributed by atoms with Gasteiger partial charge in [0.15, 0.2) is 5.11 Å². The van der Waals surface area contributed by atoms with Gasteiger partial charge in [-0.2, -0.15) is 0 Å². The van der Waals surface area contributed by atoms with Gasteiger partial charge in [-0.1, -0.05) is 0 Å². The third-order valence-electron chi connectivity index (χ3n) is 5.09. The van der Waals surface area contributed by atoms with Gasteiger partial charge in [-0.3, -0.25) is 4.79 Å². The summed E-state index contributed by atoms with van der Waals surface area (Å²) in [6, 6.07) is 7.55. The zero-order valence-corrected chi connectivity index (χ0v) is 18.7. The number of methoxy groups -OCH3 is 2. The van der Waals surface area contributed by atoms with Crippen LogP contribution in [0.3, 0.4) is 0 Å². The summed E-state index contributed by atoms with van der Waals surface area (Å²) < 4.78 is 10.4. The average Bonchev–Trinajstić information content (AvgIpc) is 2.73. The number of pyridine rings is 1. The van der Waals surface area contributed by atoms with Crippen molar-refractivity contribution in [2.24, 2.45) is 0 Å². The minimum absolute atomic E-state index is 0.0949. The molecule has 0 saturated heterocycles. The van der Waals surface area contributed by atoms with E-state index in [0.29, 0.717) is 30.4 Å². The molecule has 1 heterocycles. The fraction of sp³-hybridized carbons (Fsp3) is 0.524. The number of fused-ring (bicyclic) bond motifs is 1. The quantitative estimate of drug-likeness (QED) is 0.368. The summed E-state index contributed by atoms with van der Waals surface area (Å²) in [7, 11) is 3.30. The molecule has 0 fully saturated rings. The third kappa shape index (κ3) is 6.69. The number of ether oxygens (including phenoxy) is 2. The van der Waals surface area contributed by atoms with Gasteiger partial charge in [0.25, 0.3) is 5.56 Å². The fourth-order valence-electron chi connectivity index (χ4n) is 3.20. The largest absolute Gasteiger partial charge is 0.497 e. The average molecular weight is 422 g/mol. The number of rotatable bonds is 11. The Hall–Kier alpha value is -2.16. The van der Waals surface area contributed by atoms with Crippen LogP contribution in [0.5, 0.6) is 5.75 Å². The van der Waals surface area contributed by atoms with Crippen molar-refractivity contribution in [3.8, 4) is 5.75 Å². The van der Waals surface area contributed by atoms with E-state index in [1.54, 1.807) is 14.2 Å². The van der Waals surface area contributed by atoms with E-state index in [1.165, 1.54) is 4.90 Å². The van der Waals surface area contributed by atoms with E-state index >= 15 is 0 Å². The zero-order valence-electron chi connectivity index (χ0n) is 17.8. The number of hydrogen-bond acceptors (Lipinski definition) is 4. The molecule has 0 amide bonds. The van der Waals surface area contributed by atoms with Crippen LogP contribution in [0.1, 0.15) is 19.4 Å². The second-order valence-corrected chi connectivity index (χ2v) is 7.32. The molecule has 0 radical (unpaired) electrons. The van der Waals surface area contributed by atoms with Crippen molar-refractivity contribution in [3.63, 3.8) is 0 Å². The van der Waals surface area contributed by atoms with E-state index in [2.05, 4.69) is 29.0 Å². The molecule has 1 aromatic heterocycles. The number of aromatic nitrogens is 1. The predicted octanol–water partition coefficient (Wildman–Crippen LogP) is 0.784.